The summed E-state index contributed by atoms with van der Waals surface area (Å²) >= 11 is 0. The van der Waals surface area contributed by atoms with Crippen molar-refractivity contribution in [2.24, 2.45) is 11.7 Å². The zero-order valence-electron chi connectivity index (χ0n) is 10.7. The molecular formula is C15H21N3. The van der Waals surface area contributed by atoms with E-state index in [-0.39, 0.29) is 5.84 Å². The standard InChI is InChI=1S/C15H21N3/c16-15(17)13-3-1-2-12(8-13)10-18(14-6-7-14)9-11-4-5-11/h1-3,8,11,14H,4-7,9-10H2,(H3,16,17). The van der Waals surface area contributed by atoms with Crippen LogP contribution in [0, 0.1) is 11.3 Å². The van der Waals surface area contributed by atoms with Gasteiger partial charge in [0.25, 0.3) is 0 Å². The van der Waals surface area contributed by atoms with Crippen LogP contribution in [0.5, 0.6) is 0 Å². The van der Waals surface area contributed by atoms with Crippen molar-refractivity contribution in [3.8, 4) is 0 Å². The number of nitrogens with two attached hydrogens (primary N) is 1. The molecule has 0 heterocycles. The molecule has 3 N–H and O–H groups in total. The Hall–Kier alpha value is -1.35. The van der Waals surface area contributed by atoms with Crippen molar-refractivity contribution in [1.82, 2.24) is 4.90 Å². The second kappa shape index (κ2) is 4.73. The quantitative estimate of drug-likeness (QED) is 0.595. The third kappa shape index (κ3) is 2.91. The minimum absolute atomic E-state index is 0.164. The summed E-state index contributed by atoms with van der Waals surface area (Å²) < 4.78 is 0. The largest absolute Gasteiger partial charge is 0.384 e. The molecule has 3 nitrogen and oxygen atoms in total. The van der Waals surface area contributed by atoms with Gasteiger partial charge in [-0.15, -0.1) is 0 Å². The van der Waals surface area contributed by atoms with Crippen LogP contribution in [0.3, 0.4) is 0 Å². The fourth-order valence-corrected chi connectivity index (χ4v) is 2.49. The molecule has 2 aliphatic carbocycles. The number of amidine groups is 1. The molecule has 0 bridgehead atoms. The number of nitrogen functional groups attached to an aromatic ring is 1. The monoisotopic (exact) mass is 243 g/mol. The highest BCUT2D eigenvalue weighted by Crippen LogP contribution is 2.35. The molecule has 2 saturated carbocycles. The van der Waals surface area contributed by atoms with Gasteiger partial charge in [0.2, 0.25) is 0 Å². The van der Waals surface area contributed by atoms with Gasteiger partial charge in [-0.05, 0) is 43.2 Å². The average Bonchev–Trinajstić information content (AvgIpc) is 3.22. The van der Waals surface area contributed by atoms with Crippen LogP contribution in [-0.2, 0) is 6.54 Å². The SMILES string of the molecule is N=C(N)c1cccc(CN(CC2CC2)C2CC2)c1. The number of rotatable bonds is 6. The molecular weight excluding hydrogens is 222 g/mol. The van der Waals surface area contributed by atoms with Crippen LogP contribution in [0.25, 0.3) is 0 Å². The van der Waals surface area contributed by atoms with Crippen LogP contribution in [0.4, 0.5) is 0 Å². The number of hydrogen-bond acceptors (Lipinski definition) is 2. The molecule has 0 amide bonds. The van der Waals surface area contributed by atoms with E-state index in [1.807, 2.05) is 12.1 Å². The summed E-state index contributed by atoms with van der Waals surface area (Å²) in [5, 5.41) is 7.50. The van der Waals surface area contributed by atoms with Gasteiger partial charge in [0.05, 0.1) is 0 Å². The van der Waals surface area contributed by atoms with E-state index in [2.05, 4.69) is 17.0 Å². The molecule has 0 saturated heterocycles. The van der Waals surface area contributed by atoms with Gasteiger partial charge in [0, 0.05) is 24.7 Å². The van der Waals surface area contributed by atoms with Gasteiger partial charge in [-0.2, -0.15) is 0 Å². The van der Waals surface area contributed by atoms with Crippen LogP contribution in [0.1, 0.15) is 36.8 Å². The molecule has 0 atom stereocenters. The normalized spacial score (nSPS) is 19.2. The van der Waals surface area contributed by atoms with E-state index in [9.17, 15) is 0 Å². The van der Waals surface area contributed by atoms with Crippen molar-refractivity contribution in [3.05, 3.63) is 35.4 Å². The first-order chi connectivity index (χ1) is 8.72. The van der Waals surface area contributed by atoms with E-state index >= 15 is 0 Å². The first-order valence-electron chi connectivity index (χ1n) is 6.90. The van der Waals surface area contributed by atoms with E-state index in [0.29, 0.717) is 0 Å². The lowest BCUT2D eigenvalue weighted by atomic mass is 10.1. The lowest BCUT2D eigenvalue weighted by Gasteiger charge is -2.22. The molecule has 3 heteroatoms. The number of nitrogens with one attached hydrogen (secondary N) is 1. The van der Waals surface area contributed by atoms with E-state index < -0.39 is 0 Å². The minimum Gasteiger partial charge on any atom is -0.384 e. The Morgan fingerprint density at radius 1 is 1.28 bits per heavy atom. The Kier molecular flexibility index (Phi) is 3.08. The van der Waals surface area contributed by atoms with Crippen molar-refractivity contribution in [3.63, 3.8) is 0 Å². The fourth-order valence-electron chi connectivity index (χ4n) is 2.49. The predicted molar refractivity (Wildman–Crippen MR) is 73.6 cm³/mol. The highest BCUT2D eigenvalue weighted by atomic mass is 15.2. The molecule has 0 radical (unpaired) electrons. The third-order valence-electron chi connectivity index (χ3n) is 3.88. The Balaban J connectivity index is 1.68. The highest BCUT2D eigenvalue weighted by molar-refractivity contribution is 5.95. The first-order valence-corrected chi connectivity index (χ1v) is 6.90. The molecule has 0 aliphatic heterocycles. The summed E-state index contributed by atoms with van der Waals surface area (Å²) in [5.41, 5.74) is 7.68. The molecule has 1 aromatic rings. The molecule has 0 aromatic heterocycles. The van der Waals surface area contributed by atoms with Crippen LogP contribution < -0.4 is 5.73 Å². The maximum Gasteiger partial charge on any atom is 0.122 e. The number of hydrogen-bond donors (Lipinski definition) is 2. The van der Waals surface area contributed by atoms with Crippen LogP contribution in [0.2, 0.25) is 0 Å². The lowest BCUT2D eigenvalue weighted by molar-refractivity contribution is 0.244. The highest BCUT2D eigenvalue weighted by Gasteiger charge is 2.33. The van der Waals surface area contributed by atoms with E-state index in [1.54, 1.807) is 0 Å². The molecule has 2 fully saturated rings. The summed E-state index contributed by atoms with van der Waals surface area (Å²) in [5.74, 6) is 1.11. The van der Waals surface area contributed by atoms with Gasteiger partial charge in [-0.3, -0.25) is 10.3 Å². The van der Waals surface area contributed by atoms with Gasteiger partial charge >= 0.3 is 0 Å². The van der Waals surface area contributed by atoms with Crippen molar-refractivity contribution >= 4 is 5.84 Å². The summed E-state index contributed by atoms with van der Waals surface area (Å²) in [4.78, 5) is 2.62. The van der Waals surface area contributed by atoms with Gasteiger partial charge in [-0.1, -0.05) is 18.2 Å². The average molecular weight is 243 g/mol. The summed E-state index contributed by atoms with van der Waals surface area (Å²) in [7, 11) is 0. The molecule has 18 heavy (non-hydrogen) atoms. The minimum atomic E-state index is 0.164. The third-order valence-corrected chi connectivity index (χ3v) is 3.88. The maximum absolute atomic E-state index is 7.50. The Bertz CT molecular complexity index is 447. The van der Waals surface area contributed by atoms with E-state index in [4.69, 9.17) is 11.1 Å². The van der Waals surface area contributed by atoms with Crippen molar-refractivity contribution in [1.29, 1.82) is 5.41 Å². The summed E-state index contributed by atoms with van der Waals surface area (Å²) in [6.45, 7) is 2.28. The molecule has 2 aliphatic rings. The number of nitrogens with zero attached hydrogens (tertiary/aromatic N) is 1. The zero-order valence-corrected chi connectivity index (χ0v) is 10.7. The van der Waals surface area contributed by atoms with Gasteiger partial charge in [-0.25, -0.2) is 0 Å². The Labute approximate surface area is 108 Å². The van der Waals surface area contributed by atoms with Crippen molar-refractivity contribution in [2.45, 2.75) is 38.3 Å². The maximum atomic E-state index is 7.50. The zero-order chi connectivity index (χ0) is 12.5. The van der Waals surface area contributed by atoms with Gasteiger partial charge < -0.3 is 5.73 Å². The van der Waals surface area contributed by atoms with Gasteiger partial charge in [0.15, 0.2) is 0 Å². The lowest BCUT2D eigenvalue weighted by Crippen LogP contribution is -2.28. The first kappa shape index (κ1) is 11.7. The second-order valence-corrected chi connectivity index (χ2v) is 5.72. The van der Waals surface area contributed by atoms with Crippen molar-refractivity contribution < 1.29 is 0 Å². The van der Waals surface area contributed by atoms with Crippen LogP contribution >= 0.6 is 0 Å². The molecule has 96 valence electrons. The topological polar surface area (TPSA) is 53.1 Å². The van der Waals surface area contributed by atoms with Gasteiger partial charge in [0.1, 0.15) is 5.84 Å². The second-order valence-electron chi connectivity index (χ2n) is 5.72. The smallest absolute Gasteiger partial charge is 0.122 e. The number of benzene rings is 1. The molecule has 3 rings (SSSR count). The van der Waals surface area contributed by atoms with Crippen molar-refractivity contribution in [2.75, 3.05) is 6.54 Å². The summed E-state index contributed by atoms with van der Waals surface area (Å²) in [6.07, 6.45) is 5.55. The van der Waals surface area contributed by atoms with Crippen LogP contribution in [0.15, 0.2) is 24.3 Å². The fraction of sp³-hybridized carbons (Fsp3) is 0.533. The van der Waals surface area contributed by atoms with E-state index in [0.717, 1.165) is 24.1 Å². The molecule has 0 spiro atoms. The Morgan fingerprint density at radius 3 is 2.67 bits per heavy atom. The molecule has 0 unspecified atom stereocenters. The van der Waals surface area contributed by atoms with Crippen LogP contribution in [-0.4, -0.2) is 23.3 Å². The predicted octanol–water partition coefficient (Wildman–Crippen LogP) is 2.35. The molecule has 1 aromatic carbocycles. The Morgan fingerprint density at radius 2 is 2.06 bits per heavy atom. The summed E-state index contributed by atoms with van der Waals surface area (Å²) in [6, 6.07) is 8.94. The van der Waals surface area contributed by atoms with E-state index in [1.165, 1.54) is 37.8 Å².